The summed E-state index contributed by atoms with van der Waals surface area (Å²) in [4.78, 5) is 45.4. The van der Waals surface area contributed by atoms with Crippen molar-refractivity contribution in [2.24, 2.45) is 5.73 Å². The minimum atomic E-state index is -0.845. The summed E-state index contributed by atoms with van der Waals surface area (Å²) in [5.74, 6) is -0.791. The molecule has 8 heteroatoms. The first-order valence-corrected chi connectivity index (χ1v) is 17.0. The van der Waals surface area contributed by atoms with E-state index >= 15 is 0 Å². The third kappa shape index (κ3) is 10.2. The van der Waals surface area contributed by atoms with Gasteiger partial charge in [0.2, 0.25) is 17.7 Å². The Labute approximate surface area is 287 Å². The van der Waals surface area contributed by atoms with Crippen molar-refractivity contribution in [3.05, 3.63) is 96.1 Å². The number of likely N-dealkylation sites (N-methyl/N-ethyl adjacent to an activating group) is 2. The van der Waals surface area contributed by atoms with E-state index in [1.807, 2.05) is 80.6 Å². The molecule has 8 nitrogen and oxygen atoms in total. The van der Waals surface area contributed by atoms with Crippen molar-refractivity contribution < 1.29 is 14.4 Å². The number of hydrogen-bond acceptors (Lipinski definition) is 5. The summed E-state index contributed by atoms with van der Waals surface area (Å²) in [6.45, 7) is 12.4. The summed E-state index contributed by atoms with van der Waals surface area (Å²) in [5, 5.41) is 9.14. The molecule has 4 rings (SSSR count). The van der Waals surface area contributed by atoms with Crippen LogP contribution in [0.15, 0.2) is 84.9 Å². The first-order chi connectivity index (χ1) is 22.4. The van der Waals surface area contributed by atoms with Crippen molar-refractivity contribution in [2.45, 2.75) is 108 Å². The van der Waals surface area contributed by atoms with Gasteiger partial charge in [-0.3, -0.25) is 14.4 Å². The highest BCUT2D eigenvalue weighted by molar-refractivity contribution is 5.95. The summed E-state index contributed by atoms with van der Waals surface area (Å²) in [7, 11) is 3.34. The van der Waals surface area contributed by atoms with Gasteiger partial charge in [0.15, 0.2) is 0 Å². The minimum Gasteiger partial charge on any atom is -0.351 e. The third-order valence-electron chi connectivity index (χ3n) is 9.17. The van der Waals surface area contributed by atoms with Crippen molar-refractivity contribution in [3.63, 3.8) is 0 Å². The van der Waals surface area contributed by atoms with Crippen molar-refractivity contribution in [3.8, 4) is 0 Å². The molecule has 0 saturated carbocycles. The van der Waals surface area contributed by atoms with E-state index in [0.29, 0.717) is 19.3 Å². The molecule has 0 spiro atoms. The van der Waals surface area contributed by atoms with E-state index in [2.05, 4.69) is 44.4 Å². The molecule has 3 aromatic carbocycles. The number of nitrogens with two attached hydrogens (primary N) is 1. The van der Waals surface area contributed by atoms with Crippen LogP contribution >= 0.6 is 0 Å². The molecular weight excluding hydrogens is 598 g/mol. The van der Waals surface area contributed by atoms with Crippen LogP contribution in [0.4, 0.5) is 0 Å². The van der Waals surface area contributed by atoms with E-state index in [0.717, 1.165) is 34.7 Å². The van der Waals surface area contributed by atoms with Gasteiger partial charge < -0.3 is 26.2 Å². The van der Waals surface area contributed by atoms with E-state index in [1.54, 1.807) is 25.1 Å². The van der Waals surface area contributed by atoms with Crippen molar-refractivity contribution in [2.75, 3.05) is 14.1 Å². The van der Waals surface area contributed by atoms with Gasteiger partial charge in [-0.1, -0.05) is 78.9 Å². The zero-order valence-corrected chi connectivity index (χ0v) is 30.0. The average Bonchev–Trinajstić information content (AvgIpc) is 2.99. The first-order valence-electron chi connectivity index (χ1n) is 17.0. The average molecular weight is 654 g/mol. The molecule has 0 bridgehead atoms. The van der Waals surface area contributed by atoms with Gasteiger partial charge in [-0.05, 0) is 88.8 Å². The smallest absolute Gasteiger partial charge is 0.246 e. The zero-order chi connectivity index (χ0) is 35.3. The summed E-state index contributed by atoms with van der Waals surface area (Å²) < 4.78 is 0. The van der Waals surface area contributed by atoms with Gasteiger partial charge in [0.25, 0.3) is 0 Å². The van der Waals surface area contributed by atoms with Crippen LogP contribution in [0.5, 0.6) is 0 Å². The summed E-state index contributed by atoms with van der Waals surface area (Å²) >= 11 is 0. The first kappa shape index (κ1) is 36.8. The minimum absolute atomic E-state index is 0.0555. The fourth-order valence-electron chi connectivity index (χ4n) is 7.07. The molecule has 0 aliphatic carbocycles. The number of fused-ring (bicyclic) bond motifs is 1. The van der Waals surface area contributed by atoms with Gasteiger partial charge in [-0.25, -0.2) is 0 Å². The Morgan fingerprint density at radius 1 is 0.854 bits per heavy atom. The van der Waals surface area contributed by atoms with Crippen molar-refractivity contribution in [1.82, 2.24) is 20.4 Å². The number of piperidine rings is 1. The van der Waals surface area contributed by atoms with E-state index in [1.165, 1.54) is 11.0 Å². The number of amides is 3. The molecule has 1 saturated heterocycles. The van der Waals surface area contributed by atoms with E-state index in [-0.39, 0.29) is 34.8 Å². The Balaban J connectivity index is 1.66. The Hall–Kier alpha value is -4.01. The number of nitrogens with zero attached hydrogens (tertiary/aromatic N) is 2. The van der Waals surface area contributed by atoms with E-state index in [4.69, 9.17) is 5.73 Å². The number of rotatable bonds is 12. The maximum Gasteiger partial charge on any atom is 0.246 e. The standard InChI is InChI=1S/C40H55N5O3/c1-38(2,41)22-14-19-35(46)44(7)34(25-29-20-21-30-17-12-13-18-31(30)23-29)37(48)45(8)33(24-28-15-10-9-11-16-28)36(47)42-32-26-39(3,4)43-40(5,6)27-32/h9-21,23,32-34,43H,22,24-27,41H2,1-8H3,(H,42,47)/t33-,34-/m1/s1. The second kappa shape index (κ2) is 15.0. The summed E-state index contributed by atoms with van der Waals surface area (Å²) in [6.07, 6.45) is 5.94. The lowest BCUT2D eigenvalue weighted by atomic mass is 9.79. The van der Waals surface area contributed by atoms with Gasteiger partial charge in [0.05, 0.1) is 0 Å². The highest BCUT2D eigenvalue weighted by Crippen LogP contribution is 2.29. The van der Waals surface area contributed by atoms with Gasteiger partial charge in [0, 0.05) is 49.6 Å². The second-order valence-corrected chi connectivity index (χ2v) is 15.6. The molecule has 258 valence electrons. The highest BCUT2D eigenvalue weighted by atomic mass is 16.2. The Bertz CT molecular complexity index is 1590. The molecule has 2 atom stereocenters. The largest absolute Gasteiger partial charge is 0.351 e. The topological polar surface area (TPSA) is 108 Å². The number of benzene rings is 3. The lowest BCUT2D eigenvalue weighted by molar-refractivity contribution is -0.146. The molecule has 3 amide bonds. The van der Waals surface area contributed by atoms with Crippen LogP contribution in [0, 0.1) is 0 Å². The lowest BCUT2D eigenvalue weighted by Crippen LogP contribution is -2.63. The highest BCUT2D eigenvalue weighted by Gasteiger charge is 2.40. The number of nitrogens with one attached hydrogen (secondary N) is 2. The maximum atomic E-state index is 14.6. The lowest BCUT2D eigenvalue weighted by Gasteiger charge is -2.47. The van der Waals surface area contributed by atoms with Crippen LogP contribution in [-0.2, 0) is 27.2 Å². The Kier molecular flexibility index (Phi) is 11.5. The summed E-state index contributed by atoms with van der Waals surface area (Å²) in [6, 6.07) is 22.3. The Morgan fingerprint density at radius 2 is 1.44 bits per heavy atom. The van der Waals surface area contributed by atoms with E-state index in [9.17, 15) is 14.4 Å². The predicted octanol–water partition coefficient (Wildman–Crippen LogP) is 5.39. The predicted molar refractivity (Wildman–Crippen MR) is 195 cm³/mol. The van der Waals surface area contributed by atoms with Gasteiger partial charge in [-0.15, -0.1) is 0 Å². The maximum absolute atomic E-state index is 14.6. The second-order valence-electron chi connectivity index (χ2n) is 15.6. The van der Waals surface area contributed by atoms with Crippen LogP contribution in [0.25, 0.3) is 10.8 Å². The Morgan fingerprint density at radius 3 is 2.06 bits per heavy atom. The molecule has 0 aromatic heterocycles. The molecule has 1 aliphatic heterocycles. The van der Waals surface area contributed by atoms with Crippen LogP contribution in [0.3, 0.4) is 0 Å². The van der Waals surface area contributed by atoms with Crippen LogP contribution in [0.1, 0.15) is 71.9 Å². The van der Waals surface area contributed by atoms with Crippen LogP contribution in [0.2, 0.25) is 0 Å². The normalized spacial score (nSPS) is 17.5. The number of carbonyl (C=O) groups excluding carboxylic acids is 3. The van der Waals surface area contributed by atoms with Crippen molar-refractivity contribution in [1.29, 1.82) is 0 Å². The monoisotopic (exact) mass is 653 g/mol. The zero-order valence-electron chi connectivity index (χ0n) is 30.0. The SMILES string of the molecule is CN(C(=O)C=CCC(C)(C)N)[C@H](Cc1ccc2ccccc2c1)C(=O)N(C)[C@H](Cc1ccccc1)C(=O)NC1CC(C)(C)NC(C)(C)C1. The molecular formula is C40H55N5O3. The molecule has 48 heavy (non-hydrogen) atoms. The number of hydrogen-bond donors (Lipinski definition) is 3. The molecule has 4 N–H and O–H groups in total. The molecule has 0 radical (unpaired) electrons. The quantitative estimate of drug-likeness (QED) is 0.228. The molecule has 1 fully saturated rings. The fraction of sp³-hybridized carbons (Fsp3) is 0.475. The van der Waals surface area contributed by atoms with E-state index < -0.39 is 17.6 Å². The molecule has 0 unspecified atom stereocenters. The molecule has 1 heterocycles. The summed E-state index contributed by atoms with van der Waals surface area (Å²) in [5.41, 5.74) is 7.24. The number of carbonyl (C=O) groups is 3. The molecule has 1 aliphatic rings. The van der Waals surface area contributed by atoms with Gasteiger partial charge in [-0.2, -0.15) is 0 Å². The fourth-order valence-corrected chi connectivity index (χ4v) is 7.07. The van der Waals surface area contributed by atoms with Crippen LogP contribution < -0.4 is 16.4 Å². The van der Waals surface area contributed by atoms with Gasteiger partial charge in [0.1, 0.15) is 12.1 Å². The molecule has 3 aromatic rings. The van der Waals surface area contributed by atoms with Crippen molar-refractivity contribution >= 4 is 28.5 Å². The van der Waals surface area contributed by atoms with Crippen LogP contribution in [-0.4, -0.2) is 76.4 Å². The van der Waals surface area contributed by atoms with Gasteiger partial charge >= 0.3 is 0 Å². The third-order valence-corrected chi connectivity index (χ3v) is 9.17.